The molecule has 0 aliphatic rings. The second-order valence-corrected chi connectivity index (χ2v) is 7.37. The molecule has 2 amide bonds. The van der Waals surface area contributed by atoms with Crippen molar-refractivity contribution in [3.05, 3.63) is 89.5 Å². The van der Waals surface area contributed by atoms with Crippen LogP contribution in [0.15, 0.2) is 72.8 Å². The molecule has 3 aromatic rings. The molecule has 0 saturated carbocycles. The third-order valence-electron chi connectivity index (χ3n) is 4.04. The Morgan fingerprint density at radius 1 is 0.632 bits per heavy atom. The zero-order valence-electron chi connectivity index (χ0n) is 19.3. The van der Waals surface area contributed by atoms with Crippen LogP contribution in [0.5, 0.6) is 0 Å². The van der Waals surface area contributed by atoms with Crippen LogP contribution in [0.25, 0.3) is 0 Å². The van der Waals surface area contributed by atoms with Gasteiger partial charge in [0.2, 0.25) is 11.8 Å². The maximum absolute atomic E-state index is 10.7. The third kappa shape index (κ3) is 14.0. The predicted octanol–water partition coefficient (Wildman–Crippen LogP) is 5.85. The number of carboxylic acids is 2. The number of nitrogens with two attached hydrogens (primary N) is 1. The number of amides is 2. The fourth-order valence-electron chi connectivity index (χ4n) is 2.41. The van der Waals surface area contributed by atoms with Crippen molar-refractivity contribution in [3.8, 4) is 0 Å². The minimum Gasteiger partial charge on any atom is -0.478 e. The molecule has 3 aromatic carbocycles. The van der Waals surface area contributed by atoms with Gasteiger partial charge in [0.25, 0.3) is 5.24 Å². The smallest absolute Gasteiger partial charge is 0.335 e. The Labute approximate surface area is 227 Å². The Bertz CT molecular complexity index is 1150. The molecule has 3 rings (SSSR count). The number of carbonyl (C=O) groups is 5. The summed E-state index contributed by atoms with van der Waals surface area (Å²) in [7, 11) is 0. The molecule has 0 bridgehead atoms. The zero-order valence-corrected chi connectivity index (χ0v) is 20.1. The van der Waals surface area contributed by atoms with E-state index in [1.807, 2.05) is 0 Å². The lowest BCUT2D eigenvalue weighted by Gasteiger charge is -2.01. The van der Waals surface area contributed by atoms with Gasteiger partial charge < -0.3 is 26.6 Å². The number of nitrogen functional groups attached to an aromatic ring is 1. The SMILES string of the molecule is C.C.CC(=O)Nc1ccc(C(=O)Cl)cc1.CC(=O)Nc1ccc(C(=O)O)cc1.Nc1ccc(C(=O)O)cc1.[2HH]. The Balaban J connectivity index is -0.000000484. The predicted molar refractivity (Wildman–Crippen MR) is 152 cm³/mol. The van der Waals surface area contributed by atoms with Gasteiger partial charge in [0.15, 0.2) is 0 Å². The highest BCUT2D eigenvalue weighted by atomic mass is 35.5. The van der Waals surface area contributed by atoms with Crippen molar-refractivity contribution in [1.29, 1.82) is 0 Å². The molecule has 6 N–H and O–H groups in total. The average Bonchev–Trinajstić information content (AvgIpc) is 2.80. The fraction of sp³-hybridized carbons (Fsp3) is 0.148. The molecule has 0 heterocycles. The van der Waals surface area contributed by atoms with Gasteiger partial charge in [-0.05, 0) is 84.4 Å². The average molecular weight is 549 g/mol. The summed E-state index contributed by atoms with van der Waals surface area (Å²) in [5.74, 6) is -2.23. The standard InChI is InChI=1S/C9H8ClNO2.C9H9NO3.C7H7NO2.2CH4.H2/c1-6(12)11-8-4-2-7(3-5-8)9(10)13;1-6(11)10-8-4-2-7(3-5-8)9(12)13;8-6-3-1-5(2-4-6)7(9)10;;;/h2-5H,1H3,(H,11,12);2-5H,1H3,(H,10,11)(H,12,13);1-4H,8H2,(H,9,10);2*1H4;1H/i;;;;;1+1. The molecule has 0 aliphatic carbocycles. The highest BCUT2D eigenvalue weighted by Crippen LogP contribution is 2.11. The van der Waals surface area contributed by atoms with Crippen LogP contribution < -0.4 is 16.4 Å². The van der Waals surface area contributed by atoms with Crippen LogP contribution >= 0.6 is 11.6 Å². The Morgan fingerprint density at radius 2 is 0.921 bits per heavy atom. The van der Waals surface area contributed by atoms with Crippen LogP contribution in [0.2, 0.25) is 0 Å². The Morgan fingerprint density at radius 3 is 1.18 bits per heavy atom. The van der Waals surface area contributed by atoms with Crippen LogP contribution in [-0.2, 0) is 9.59 Å². The van der Waals surface area contributed by atoms with Crippen molar-refractivity contribution < 1.29 is 35.6 Å². The number of carbonyl (C=O) groups excluding carboxylic acids is 3. The van der Waals surface area contributed by atoms with Crippen molar-refractivity contribution in [2.75, 3.05) is 16.4 Å². The summed E-state index contributed by atoms with van der Waals surface area (Å²) < 4.78 is 0. The lowest BCUT2D eigenvalue weighted by molar-refractivity contribution is -0.115. The molecule has 0 aromatic heterocycles. The van der Waals surface area contributed by atoms with E-state index >= 15 is 0 Å². The van der Waals surface area contributed by atoms with Crippen molar-refractivity contribution in [3.63, 3.8) is 0 Å². The van der Waals surface area contributed by atoms with Crippen molar-refractivity contribution in [2.24, 2.45) is 0 Å². The first-order chi connectivity index (χ1) is 16.9. The third-order valence-corrected chi connectivity index (χ3v) is 4.26. The van der Waals surface area contributed by atoms with E-state index in [-0.39, 0.29) is 39.2 Å². The maximum Gasteiger partial charge on any atom is 0.335 e. The van der Waals surface area contributed by atoms with E-state index in [1.54, 1.807) is 48.5 Å². The molecule has 0 aliphatic heterocycles. The Kier molecular flexibility index (Phi) is 16.5. The second-order valence-electron chi connectivity index (χ2n) is 7.02. The minimum absolute atomic E-state index is 0. The number of rotatable bonds is 5. The maximum atomic E-state index is 10.7. The van der Waals surface area contributed by atoms with E-state index in [2.05, 4.69) is 10.6 Å². The number of anilines is 3. The van der Waals surface area contributed by atoms with Crippen LogP contribution in [0.4, 0.5) is 17.1 Å². The van der Waals surface area contributed by atoms with Gasteiger partial charge in [-0.3, -0.25) is 14.4 Å². The van der Waals surface area contributed by atoms with E-state index < -0.39 is 17.2 Å². The van der Waals surface area contributed by atoms with Crippen molar-refractivity contribution >= 4 is 57.7 Å². The van der Waals surface area contributed by atoms with Gasteiger partial charge in [-0.15, -0.1) is 0 Å². The van der Waals surface area contributed by atoms with Gasteiger partial charge in [0, 0.05) is 37.9 Å². The molecule has 0 saturated heterocycles. The largest absolute Gasteiger partial charge is 0.478 e. The monoisotopic (exact) mass is 548 g/mol. The molecule has 38 heavy (non-hydrogen) atoms. The van der Waals surface area contributed by atoms with Crippen molar-refractivity contribution in [2.45, 2.75) is 28.7 Å². The second kappa shape index (κ2) is 17.7. The number of nitrogens with one attached hydrogen (secondary N) is 2. The van der Waals surface area contributed by atoms with E-state index in [9.17, 15) is 24.0 Å². The molecular weight excluding hydrogens is 514 g/mol. The first-order valence-electron chi connectivity index (χ1n) is 10.2. The summed E-state index contributed by atoms with van der Waals surface area (Å²) in [5.41, 5.74) is 8.02. The molecule has 0 unspecified atom stereocenters. The molecular formula is C27H34ClN3O7. The summed E-state index contributed by atoms with van der Waals surface area (Å²) in [6, 6.07) is 18.4. The fourth-order valence-corrected chi connectivity index (χ4v) is 2.54. The van der Waals surface area contributed by atoms with Crippen LogP contribution in [0.1, 0.15) is 61.2 Å². The lowest BCUT2D eigenvalue weighted by atomic mass is 10.2. The topological polar surface area (TPSA) is 176 Å². The highest BCUT2D eigenvalue weighted by molar-refractivity contribution is 6.67. The van der Waals surface area contributed by atoms with Gasteiger partial charge in [0.1, 0.15) is 0 Å². The first-order valence-corrected chi connectivity index (χ1v) is 10.5. The number of carboxylic acid groups (broad SMARTS) is 2. The minimum atomic E-state index is -0.977. The quantitative estimate of drug-likeness (QED) is 0.194. The number of aromatic carboxylic acids is 2. The van der Waals surface area contributed by atoms with E-state index in [0.29, 0.717) is 22.6 Å². The first kappa shape index (κ1) is 35.5. The van der Waals surface area contributed by atoms with Gasteiger partial charge in [-0.25, -0.2) is 9.59 Å². The molecule has 0 spiro atoms. The van der Waals surface area contributed by atoms with Gasteiger partial charge in [0.05, 0.1) is 11.1 Å². The highest BCUT2D eigenvalue weighted by Gasteiger charge is 2.02. The van der Waals surface area contributed by atoms with E-state index in [4.69, 9.17) is 27.5 Å². The summed E-state index contributed by atoms with van der Waals surface area (Å²) >= 11 is 5.23. The van der Waals surface area contributed by atoms with Gasteiger partial charge >= 0.3 is 11.9 Å². The summed E-state index contributed by atoms with van der Waals surface area (Å²) in [5, 5.41) is 21.6. The molecule has 0 atom stereocenters. The van der Waals surface area contributed by atoms with Crippen molar-refractivity contribution in [1.82, 2.24) is 0 Å². The van der Waals surface area contributed by atoms with Crippen LogP contribution in [0.3, 0.4) is 0 Å². The van der Waals surface area contributed by atoms with E-state index in [1.165, 1.54) is 38.1 Å². The zero-order chi connectivity index (χ0) is 27.3. The van der Waals surface area contributed by atoms with E-state index in [0.717, 1.165) is 0 Å². The summed E-state index contributed by atoms with van der Waals surface area (Å²) in [6.07, 6.45) is 0. The van der Waals surface area contributed by atoms with Crippen LogP contribution in [-0.4, -0.2) is 39.2 Å². The molecule has 0 radical (unpaired) electrons. The molecule has 11 heteroatoms. The van der Waals surface area contributed by atoms with Gasteiger partial charge in [-0.2, -0.15) is 0 Å². The molecule has 0 fully saturated rings. The lowest BCUT2D eigenvalue weighted by Crippen LogP contribution is -2.05. The normalized spacial score (nSPS) is 8.82. The number of benzene rings is 3. The number of hydrogen-bond donors (Lipinski definition) is 5. The van der Waals surface area contributed by atoms with Gasteiger partial charge in [-0.1, -0.05) is 14.9 Å². The Hall–Kier alpha value is -4.70. The van der Waals surface area contributed by atoms with Crippen LogP contribution in [0, 0.1) is 0 Å². The number of hydrogen-bond acceptors (Lipinski definition) is 6. The summed E-state index contributed by atoms with van der Waals surface area (Å²) in [6.45, 7) is 2.81. The number of halogens is 1. The molecule has 206 valence electrons. The summed E-state index contributed by atoms with van der Waals surface area (Å²) in [4.78, 5) is 52.6. The molecule has 10 nitrogen and oxygen atoms in total.